The van der Waals surface area contributed by atoms with Gasteiger partial charge in [-0.25, -0.2) is 13.7 Å². The second-order valence-electron chi connectivity index (χ2n) is 8.01. The molecule has 0 saturated carbocycles. The topological polar surface area (TPSA) is 113 Å². The van der Waals surface area contributed by atoms with Crippen molar-refractivity contribution in [3.05, 3.63) is 60.0 Å². The monoisotopic (exact) mass is 468 g/mol. The van der Waals surface area contributed by atoms with Crippen LogP contribution in [-0.2, 0) is 16.1 Å². The number of benzene rings is 2. The van der Waals surface area contributed by atoms with Crippen molar-refractivity contribution in [2.24, 2.45) is 10.3 Å². The SMILES string of the molecule is CC(C)Oc1ccc(-c2noc(CN3N=NC4C(=O)N(c5ccc(F)c(F)c5)C(=O)C43)n2)cc1. The molecule has 12 heteroatoms. The van der Waals surface area contributed by atoms with Crippen LogP contribution in [0.25, 0.3) is 11.4 Å². The van der Waals surface area contributed by atoms with Crippen LogP contribution >= 0.6 is 0 Å². The van der Waals surface area contributed by atoms with E-state index in [1.54, 1.807) is 24.3 Å². The maximum atomic E-state index is 13.6. The Morgan fingerprint density at radius 3 is 2.53 bits per heavy atom. The Morgan fingerprint density at radius 1 is 1.06 bits per heavy atom. The van der Waals surface area contributed by atoms with E-state index in [0.29, 0.717) is 17.1 Å². The van der Waals surface area contributed by atoms with E-state index in [2.05, 4.69) is 20.5 Å². The number of carbonyl (C=O) groups excluding carboxylic acids is 2. The molecule has 2 aliphatic heterocycles. The predicted molar refractivity (Wildman–Crippen MR) is 112 cm³/mol. The number of hydrogen-bond acceptors (Lipinski definition) is 9. The summed E-state index contributed by atoms with van der Waals surface area (Å²) in [4.78, 5) is 30.8. The summed E-state index contributed by atoms with van der Waals surface area (Å²) in [5.41, 5.74) is 0.618. The van der Waals surface area contributed by atoms with Crippen LogP contribution in [-0.4, -0.2) is 45.2 Å². The van der Waals surface area contributed by atoms with Gasteiger partial charge in [-0.1, -0.05) is 10.4 Å². The molecule has 2 atom stereocenters. The van der Waals surface area contributed by atoms with Gasteiger partial charge in [0.2, 0.25) is 11.7 Å². The number of nitrogens with zero attached hydrogens (tertiary/aromatic N) is 6. The number of amides is 2. The molecule has 1 aromatic heterocycles. The summed E-state index contributed by atoms with van der Waals surface area (Å²) < 4.78 is 37.8. The zero-order valence-electron chi connectivity index (χ0n) is 18.1. The quantitative estimate of drug-likeness (QED) is 0.510. The molecular formula is C22H18F2N6O4. The Labute approximate surface area is 191 Å². The molecule has 2 aromatic carbocycles. The molecule has 0 bridgehead atoms. The second kappa shape index (κ2) is 8.28. The highest BCUT2D eigenvalue weighted by Crippen LogP contribution is 2.33. The van der Waals surface area contributed by atoms with Crippen LogP contribution in [0.4, 0.5) is 14.5 Å². The van der Waals surface area contributed by atoms with Crippen molar-refractivity contribution in [3.8, 4) is 17.1 Å². The largest absolute Gasteiger partial charge is 0.491 e. The van der Waals surface area contributed by atoms with Gasteiger partial charge in [-0.05, 0) is 50.2 Å². The molecule has 0 radical (unpaired) electrons. The Bertz CT molecular complexity index is 1290. The van der Waals surface area contributed by atoms with Gasteiger partial charge in [-0.15, -0.1) is 0 Å². The fourth-order valence-electron chi connectivity index (χ4n) is 3.76. The van der Waals surface area contributed by atoms with Crippen molar-refractivity contribution in [3.63, 3.8) is 0 Å². The van der Waals surface area contributed by atoms with E-state index in [9.17, 15) is 18.4 Å². The molecule has 174 valence electrons. The van der Waals surface area contributed by atoms with Crippen LogP contribution in [0.15, 0.2) is 57.3 Å². The predicted octanol–water partition coefficient (Wildman–Crippen LogP) is 3.30. The number of carbonyl (C=O) groups is 2. The fourth-order valence-corrected chi connectivity index (χ4v) is 3.76. The Hall–Kier alpha value is -4.22. The average molecular weight is 468 g/mol. The van der Waals surface area contributed by atoms with Crippen molar-refractivity contribution < 1.29 is 27.6 Å². The number of halogens is 2. The van der Waals surface area contributed by atoms with Crippen molar-refractivity contribution in [2.45, 2.75) is 38.6 Å². The zero-order valence-corrected chi connectivity index (χ0v) is 18.1. The van der Waals surface area contributed by atoms with Gasteiger partial charge in [0.05, 0.1) is 11.8 Å². The standard InChI is InChI=1S/C22H18F2N6O4/c1-11(2)33-14-6-3-12(4-7-14)20-25-17(34-27-20)10-29-19-18(26-28-29)21(31)30(22(19)32)13-5-8-15(23)16(24)9-13/h3-9,11,18-19H,10H2,1-2H3. The maximum Gasteiger partial charge on any atom is 0.263 e. The van der Waals surface area contributed by atoms with E-state index in [4.69, 9.17) is 9.26 Å². The summed E-state index contributed by atoms with van der Waals surface area (Å²) in [6, 6.07) is 7.79. The summed E-state index contributed by atoms with van der Waals surface area (Å²) in [5.74, 6) is -2.40. The molecule has 0 aliphatic carbocycles. The molecule has 0 spiro atoms. The van der Waals surface area contributed by atoms with Crippen molar-refractivity contribution in [1.82, 2.24) is 15.1 Å². The number of aromatic nitrogens is 2. The van der Waals surface area contributed by atoms with E-state index < -0.39 is 35.5 Å². The molecule has 2 aliphatic rings. The maximum absolute atomic E-state index is 13.6. The number of rotatable bonds is 6. The van der Waals surface area contributed by atoms with Crippen molar-refractivity contribution in [1.29, 1.82) is 0 Å². The third-order valence-electron chi connectivity index (χ3n) is 5.27. The van der Waals surface area contributed by atoms with Crippen LogP contribution in [0.1, 0.15) is 19.7 Å². The number of imide groups is 1. The lowest BCUT2D eigenvalue weighted by Gasteiger charge is -2.19. The molecule has 34 heavy (non-hydrogen) atoms. The first-order valence-corrected chi connectivity index (χ1v) is 10.4. The number of ether oxygens (including phenoxy) is 1. The third kappa shape index (κ3) is 3.76. The second-order valence-corrected chi connectivity index (χ2v) is 8.01. The van der Waals surface area contributed by atoms with Crippen LogP contribution in [0, 0.1) is 11.6 Å². The van der Waals surface area contributed by atoms with E-state index in [0.717, 1.165) is 23.1 Å². The van der Waals surface area contributed by atoms with Gasteiger partial charge in [0.25, 0.3) is 11.8 Å². The molecular weight excluding hydrogens is 450 g/mol. The summed E-state index contributed by atoms with van der Waals surface area (Å²) >= 11 is 0. The lowest BCUT2D eigenvalue weighted by Crippen LogP contribution is -2.39. The highest BCUT2D eigenvalue weighted by atomic mass is 19.2. The van der Waals surface area contributed by atoms with Gasteiger partial charge >= 0.3 is 0 Å². The minimum absolute atomic E-state index is 0.0456. The lowest BCUT2D eigenvalue weighted by atomic mass is 10.1. The van der Waals surface area contributed by atoms with E-state index in [1.165, 1.54) is 5.01 Å². The van der Waals surface area contributed by atoms with E-state index in [1.807, 2.05) is 13.8 Å². The molecule has 3 aromatic rings. The molecule has 0 N–H and O–H groups in total. The van der Waals surface area contributed by atoms with Gasteiger partial charge in [0.15, 0.2) is 23.7 Å². The summed E-state index contributed by atoms with van der Waals surface area (Å²) in [5, 5.41) is 13.0. The van der Waals surface area contributed by atoms with E-state index >= 15 is 0 Å². The third-order valence-corrected chi connectivity index (χ3v) is 5.27. The molecule has 3 heterocycles. The summed E-state index contributed by atoms with van der Waals surface area (Å²) in [6.45, 7) is 3.79. The average Bonchev–Trinajstić information content (AvgIpc) is 3.49. The van der Waals surface area contributed by atoms with Gasteiger partial charge in [0, 0.05) is 11.6 Å². The van der Waals surface area contributed by atoms with Crippen molar-refractivity contribution >= 4 is 17.5 Å². The first kappa shape index (κ1) is 21.6. The molecule has 1 fully saturated rings. The van der Waals surface area contributed by atoms with Crippen LogP contribution in [0.2, 0.25) is 0 Å². The molecule has 5 rings (SSSR count). The highest BCUT2D eigenvalue weighted by Gasteiger charge is 2.55. The minimum atomic E-state index is -1.17. The Morgan fingerprint density at radius 2 is 1.82 bits per heavy atom. The van der Waals surface area contributed by atoms with Crippen LogP contribution in [0.5, 0.6) is 5.75 Å². The van der Waals surface area contributed by atoms with Crippen LogP contribution in [0.3, 0.4) is 0 Å². The van der Waals surface area contributed by atoms with E-state index in [-0.39, 0.29) is 24.2 Å². The van der Waals surface area contributed by atoms with Gasteiger partial charge in [-0.3, -0.25) is 14.6 Å². The highest BCUT2D eigenvalue weighted by molar-refractivity contribution is 6.25. The van der Waals surface area contributed by atoms with Crippen molar-refractivity contribution in [2.75, 3.05) is 4.90 Å². The van der Waals surface area contributed by atoms with Gasteiger partial charge in [0.1, 0.15) is 12.3 Å². The first-order valence-electron chi connectivity index (χ1n) is 10.4. The van der Waals surface area contributed by atoms with Crippen LogP contribution < -0.4 is 9.64 Å². The molecule has 1 saturated heterocycles. The number of hydrogen-bond donors (Lipinski definition) is 0. The normalized spacial score (nSPS) is 19.4. The Balaban J connectivity index is 1.31. The Kier molecular flexibility index (Phi) is 5.27. The molecule has 2 unspecified atom stereocenters. The minimum Gasteiger partial charge on any atom is -0.491 e. The van der Waals surface area contributed by atoms with Gasteiger partial charge < -0.3 is 9.26 Å². The summed E-state index contributed by atoms with van der Waals surface area (Å²) in [7, 11) is 0. The first-order chi connectivity index (χ1) is 16.3. The smallest absolute Gasteiger partial charge is 0.263 e. The fraction of sp³-hybridized carbons (Fsp3) is 0.273. The molecule has 10 nitrogen and oxygen atoms in total. The lowest BCUT2D eigenvalue weighted by molar-refractivity contribution is -0.123. The van der Waals surface area contributed by atoms with Gasteiger partial charge in [-0.2, -0.15) is 10.1 Å². The number of anilines is 1. The number of fused-ring (bicyclic) bond motifs is 1. The zero-order chi connectivity index (χ0) is 24.0. The summed E-state index contributed by atoms with van der Waals surface area (Å²) in [6.07, 6.45) is 0.0456. The molecule has 2 amide bonds.